The smallest absolute Gasteiger partial charge is 0.378 e. The van der Waals surface area contributed by atoms with Gasteiger partial charge in [-0.2, -0.15) is 8.78 Å². The van der Waals surface area contributed by atoms with E-state index < -0.39 is 35.7 Å². The largest absolute Gasteiger partial charge is 0.477 e. The van der Waals surface area contributed by atoms with E-state index >= 15 is 0 Å². The van der Waals surface area contributed by atoms with E-state index in [1.807, 2.05) is 0 Å². The molecule has 5 fully saturated rings. The Morgan fingerprint density at radius 3 is 2.28 bits per heavy atom. The number of alkyl halides is 2. The number of ether oxygens (including phenoxy) is 3. The highest BCUT2D eigenvalue weighted by atomic mass is 19.3. The van der Waals surface area contributed by atoms with Crippen LogP contribution < -0.4 is 0 Å². The lowest BCUT2D eigenvalue weighted by atomic mass is 9.47. The van der Waals surface area contributed by atoms with Crippen LogP contribution in [0.15, 0.2) is 0 Å². The first-order chi connectivity index (χ1) is 11.8. The number of esters is 1. The number of carbonyl (C=O) groups is 2. The highest BCUT2D eigenvalue weighted by Crippen LogP contribution is 2.65. The van der Waals surface area contributed by atoms with Crippen molar-refractivity contribution < 1.29 is 37.7 Å². The van der Waals surface area contributed by atoms with Crippen molar-refractivity contribution in [3.05, 3.63) is 0 Å². The van der Waals surface area contributed by atoms with Crippen LogP contribution in [0.2, 0.25) is 0 Å². The summed E-state index contributed by atoms with van der Waals surface area (Å²) in [5.74, 6) is -7.21. The molecule has 25 heavy (non-hydrogen) atoms. The number of carboxylic acids is 1. The molecule has 1 spiro atoms. The highest BCUT2D eigenvalue weighted by molar-refractivity contribution is 5.79. The van der Waals surface area contributed by atoms with Gasteiger partial charge in [0.1, 0.15) is 0 Å². The number of hydrogen-bond donors (Lipinski definition) is 1. The van der Waals surface area contributed by atoms with Crippen molar-refractivity contribution in [3.8, 4) is 0 Å². The van der Waals surface area contributed by atoms with Gasteiger partial charge in [0.15, 0.2) is 12.4 Å². The molecule has 1 heterocycles. The summed E-state index contributed by atoms with van der Waals surface area (Å²) < 4.78 is 43.4. The molecule has 1 saturated heterocycles. The molecule has 5 rings (SSSR count). The van der Waals surface area contributed by atoms with Crippen molar-refractivity contribution in [2.24, 2.45) is 23.2 Å². The number of aliphatic carboxylic acids is 1. The van der Waals surface area contributed by atoms with Crippen molar-refractivity contribution in [1.29, 1.82) is 0 Å². The molecule has 0 aromatic carbocycles. The number of rotatable bonds is 4. The lowest BCUT2D eigenvalue weighted by molar-refractivity contribution is -0.365. The van der Waals surface area contributed by atoms with Gasteiger partial charge in [0.2, 0.25) is 0 Å². The third-order valence-electron chi connectivity index (χ3n) is 6.40. The highest BCUT2D eigenvalue weighted by Gasteiger charge is 2.67. The van der Waals surface area contributed by atoms with Gasteiger partial charge >= 0.3 is 17.9 Å². The molecular formula is C17H22F2O6. The molecule has 4 saturated carbocycles. The zero-order chi connectivity index (χ0) is 17.9. The SMILES string of the molecule is O=C(O)C(F)(F)COC(=O)C12CC3CC(C1)C1(OCCCO1)C(C3)C2. The summed E-state index contributed by atoms with van der Waals surface area (Å²) in [5.41, 5.74) is -0.805. The Balaban J connectivity index is 1.50. The molecule has 0 radical (unpaired) electrons. The van der Waals surface area contributed by atoms with Gasteiger partial charge in [-0.05, 0) is 44.4 Å². The van der Waals surface area contributed by atoms with Crippen LogP contribution in [0.4, 0.5) is 8.78 Å². The molecule has 8 heteroatoms. The zero-order valence-electron chi connectivity index (χ0n) is 13.8. The van der Waals surface area contributed by atoms with E-state index in [1.54, 1.807) is 0 Å². The summed E-state index contributed by atoms with van der Waals surface area (Å²) in [6, 6.07) is 0. The average Bonchev–Trinajstić information content (AvgIpc) is 2.58. The van der Waals surface area contributed by atoms with Crippen molar-refractivity contribution in [2.75, 3.05) is 19.8 Å². The van der Waals surface area contributed by atoms with Gasteiger partial charge in [0.05, 0.1) is 18.6 Å². The Bertz CT molecular complexity index is 568. The molecule has 6 nitrogen and oxygen atoms in total. The van der Waals surface area contributed by atoms with Gasteiger partial charge in [-0.3, -0.25) is 4.79 Å². The first kappa shape index (κ1) is 17.1. The molecule has 0 amide bonds. The molecule has 0 aromatic heterocycles. The van der Waals surface area contributed by atoms with Crippen LogP contribution in [0.1, 0.15) is 38.5 Å². The maximum absolute atomic E-state index is 13.2. The second-order valence-corrected chi connectivity index (χ2v) is 7.98. The van der Waals surface area contributed by atoms with Crippen LogP contribution in [-0.2, 0) is 23.8 Å². The summed E-state index contributed by atoms with van der Waals surface area (Å²) in [5, 5.41) is 8.48. The first-order valence-electron chi connectivity index (χ1n) is 8.84. The predicted molar refractivity (Wildman–Crippen MR) is 78.8 cm³/mol. The van der Waals surface area contributed by atoms with Crippen LogP contribution in [0.25, 0.3) is 0 Å². The van der Waals surface area contributed by atoms with Gasteiger partial charge in [-0.25, -0.2) is 4.79 Å². The van der Waals surface area contributed by atoms with E-state index in [0.717, 1.165) is 19.3 Å². The number of halogens is 2. The summed E-state index contributed by atoms with van der Waals surface area (Å²) in [4.78, 5) is 23.1. The first-order valence-corrected chi connectivity index (χ1v) is 8.84. The fourth-order valence-corrected chi connectivity index (χ4v) is 5.58. The summed E-state index contributed by atoms with van der Waals surface area (Å²) >= 11 is 0. The van der Waals surface area contributed by atoms with Crippen LogP contribution in [0, 0.1) is 23.2 Å². The molecule has 140 valence electrons. The standard InChI is InChI=1S/C17H22F2O6/c18-16(19,13(20)21)9-23-14(22)15-6-10-4-11(7-15)17(12(5-10)8-15)24-2-1-3-25-17/h10-12H,1-9H2,(H,20,21). The van der Waals surface area contributed by atoms with Gasteiger partial charge < -0.3 is 19.3 Å². The fourth-order valence-electron chi connectivity index (χ4n) is 5.58. The maximum Gasteiger partial charge on any atom is 0.378 e. The minimum absolute atomic E-state index is 0.0617. The fraction of sp³-hybridized carbons (Fsp3) is 0.882. The predicted octanol–water partition coefficient (Wildman–Crippen LogP) is 2.21. The monoisotopic (exact) mass is 360 g/mol. The Morgan fingerprint density at radius 2 is 1.72 bits per heavy atom. The van der Waals surface area contributed by atoms with Gasteiger partial charge in [-0.15, -0.1) is 0 Å². The van der Waals surface area contributed by atoms with Crippen LogP contribution in [0.3, 0.4) is 0 Å². The Kier molecular flexibility index (Phi) is 3.85. The average molecular weight is 360 g/mol. The van der Waals surface area contributed by atoms with Gasteiger partial charge in [-0.1, -0.05) is 0 Å². The van der Waals surface area contributed by atoms with E-state index in [2.05, 4.69) is 0 Å². The number of carbonyl (C=O) groups excluding carboxylic acids is 1. The summed E-state index contributed by atoms with van der Waals surface area (Å²) in [6.07, 6.45) is 4.29. The van der Waals surface area contributed by atoms with E-state index in [4.69, 9.17) is 19.3 Å². The molecule has 1 aliphatic heterocycles. The lowest BCUT2D eigenvalue weighted by Gasteiger charge is -2.63. The quantitative estimate of drug-likeness (QED) is 0.774. The molecular weight excluding hydrogens is 338 g/mol. The minimum Gasteiger partial charge on any atom is -0.477 e. The molecule has 1 N–H and O–H groups in total. The van der Waals surface area contributed by atoms with E-state index in [9.17, 15) is 18.4 Å². The minimum atomic E-state index is -4.06. The van der Waals surface area contributed by atoms with E-state index in [-0.39, 0.29) is 11.8 Å². The van der Waals surface area contributed by atoms with E-state index in [0.29, 0.717) is 38.4 Å². The maximum atomic E-state index is 13.2. The van der Waals surface area contributed by atoms with Crippen molar-refractivity contribution in [3.63, 3.8) is 0 Å². The number of hydrogen-bond acceptors (Lipinski definition) is 5. The molecule has 0 aromatic rings. The Labute approximate surface area is 143 Å². The van der Waals surface area contributed by atoms with Crippen LogP contribution >= 0.6 is 0 Å². The van der Waals surface area contributed by atoms with Crippen molar-refractivity contribution >= 4 is 11.9 Å². The van der Waals surface area contributed by atoms with Crippen LogP contribution in [-0.4, -0.2) is 48.6 Å². The Hall–Kier alpha value is -1.28. The second kappa shape index (κ2) is 5.61. The normalized spacial score (nSPS) is 38.7. The van der Waals surface area contributed by atoms with Crippen LogP contribution in [0.5, 0.6) is 0 Å². The van der Waals surface area contributed by atoms with Crippen molar-refractivity contribution in [2.45, 2.75) is 50.2 Å². The molecule has 4 bridgehead atoms. The van der Waals surface area contributed by atoms with Crippen molar-refractivity contribution in [1.82, 2.24) is 0 Å². The van der Waals surface area contributed by atoms with Gasteiger partial charge in [0, 0.05) is 11.8 Å². The number of carboxylic acid groups (broad SMARTS) is 1. The Morgan fingerprint density at radius 1 is 1.12 bits per heavy atom. The lowest BCUT2D eigenvalue weighted by Crippen LogP contribution is -2.66. The summed E-state index contributed by atoms with van der Waals surface area (Å²) in [6.45, 7) is -0.138. The zero-order valence-corrected chi connectivity index (χ0v) is 13.8. The topological polar surface area (TPSA) is 82.1 Å². The third-order valence-corrected chi connectivity index (χ3v) is 6.40. The molecule has 4 aliphatic carbocycles. The summed E-state index contributed by atoms with van der Waals surface area (Å²) in [7, 11) is 0. The molecule has 2 unspecified atom stereocenters. The second-order valence-electron chi connectivity index (χ2n) is 7.98. The third kappa shape index (κ3) is 2.56. The molecule has 5 aliphatic rings. The molecule has 2 atom stereocenters. The van der Waals surface area contributed by atoms with E-state index in [1.165, 1.54) is 0 Å². The van der Waals surface area contributed by atoms with Gasteiger partial charge in [0.25, 0.3) is 0 Å².